The molecule has 8 nitrogen and oxygen atoms in total. The van der Waals surface area contributed by atoms with Crippen molar-refractivity contribution >= 4 is 29.9 Å². The van der Waals surface area contributed by atoms with Gasteiger partial charge in [0.15, 0.2) is 5.96 Å². The molecule has 3 rings (SSSR count). The molecule has 0 radical (unpaired) electrons. The van der Waals surface area contributed by atoms with Crippen molar-refractivity contribution in [2.24, 2.45) is 4.99 Å². The fourth-order valence-corrected chi connectivity index (χ4v) is 3.26. The van der Waals surface area contributed by atoms with Crippen LogP contribution >= 0.6 is 24.0 Å². The highest BCUT2D eigenvalue weighted by Gasteiger charge is 2.20. The van der Waals surface area contributed by atoms with Gasteiger partial charge in [-0.25, -0.2) is 0 Å². The molecule has 2 aromatic rings. The van der Waals surface area contributed by atoms with E-state index in [0.29, 0.717) is 19.8 Å². The molecule has 1 N–H and O–H groups in total. The molecule has 0 atom stereocenters. The Morgan fingerprint density at radius 2 is 2.07 bits per heavy atom. The maximum atomic E-state index is 5.78. The van der Waals surface area contributed by atoms with Gasteiger partial charge < -0.3 is 24.2 Å². The molecular weight excluding hydrogens is 497 g/mol. The van der Waals surface area contributed by atoms with Crippen LogP contribution in [0.5, 0.6) is 5.75 Å². The standard InChI is InChI=1S/C21H31N5O3.HI/c1-3-22-21(23-8-14-28-17-18-5-4-6-20(15-18)27-2)26-11-9-25(10-12-26)16-19-7-13-29-24-19;/h4-7,13,15H,3,8-12,14,16-17H2,1-2H3,(H,22,23);1H. The molecule has 1 fully saturated rings. The van der Waals surface area contributed by atoms with Crippen molar-refractivity contribution in [2.45, 2.75) is 20.1 Å². The third kappa shape index (κ3) is 7.77. The van der Waals surface area contributed by atoms with E-state index in [0.717, 1.165) is 62.2 Å². The van der Waals surface area contributed by atoms with Gasteiger partial charge in [-0.3, -0.25) is 9.89 Å². The van der Waals surface area contributed by atoms with Crippen LogP contribution in [-0.4, -0.2) is 73.9 Å². The molecule has 30 heavy (non-hydrogen) atoms. The second kappa shape index (κ2) is 13.5. The summed E-state index contributed by atoms with van der Waals surface area (Å²) < 4.78 is 15.9. The molecule has 0 saturated carbocycles. The highest BCUT2D eigenvalue weighted by Crippen LogP contribution is 2.13. The Bertz CT molecular complexity index is 749. The van der Waals surface area contributed by atoms with Crippen LogP contribution in [0.4, 0.5) is 0 Å². The SMILES string of the molecule is CCNC(=NCCOCc1cccc(OC)c1)N1CCN(Cc2ccon2)CC1.I. The van der Waals surface area contributed by atoms with E-state index in [1.165, 1.54) is 0 Å². The van der Waals surface area contributed by atoms with E-state index in [2.05, 4.69) is 27.2 Å². The smallest absolute Gasteiger partial charge is 0.194 e. The maximum Gasteiger partial charge on any atom is 0.194 e. The first-order valence-electron chi connectivity index (χ1n) is 10.1. The molecule has 1 saturated heterocycles. The summed E-state index contributed by atoms with van der Waals surface area (Å²) in [5.74, 6) is 1.81. The van der Waals surface area contributed by atoms with Crippen LogP contribution in [0.2, 0.25) is 0 Å². The van der Waals surface area contributed by atoms with Crippen LogP contribution in [0.25, 0.3) is 0 Å². The number of methoxy groups -OCH3 is 1. The quantitative estimate of drug-likeness (QED) is 0.232. The molecule has 1 aliphatic heterocycles. The minimum Gasteiger partial charge on any atom is -0.497 e. The number of piperazine rings is 1. The predicted molar refractivity (Wildman–Crippen MR) is 127 cm³/mol. The summed E-state index contributed by atoms with van der Waals surface area (Å²) in [5, 5.41) is 7.39. The fourth-order valence-electron chi connectivity index (χ4n) is 3.26. The fraction of sp³-hybridized carbons (Fsp3) is 0.524. The number of hydrogen-bond donors (Lipinski definition) is 1. The van der Waals surface area contributed by atoms with Gasteiger partial charge in [0, 0.05) is 45.3 Å². The van der Waals surface area contributed by atoms with Gasteiger partial charge in [-0.05, 0) is 24.6 Å². The minimum absolute atomic E-state index is 0. The summed E-state index contributed by atoms with van der Waals surface area (Å²) in [4.78, 5) is 9.43. The number of benzene rings is 1. The van der Waals surface area contributed by atoms with Crippen molar-refractivity contribution in [1.82, 2.24) is 20.3 Å². The topological polar surface area (TPSA) is 75.4 Å². The van der Waals surface area contributed by atoms with Crippen molar-refractivity contribution in [3.63, 3.8) is 0 Å². The molecule has 0 amide bonds. The van der Waals surface area contributed by atoms with Crippen molar-refractivity contribution in [3.8, 4) is 5.75 Å². The van der Waals surface area contributed by atoms with E-state index < -0.39 is 0 Å². The van der Waals surface area contributed by atoms with Gasteiger partial charge in [-0.15, -0.1) is 24.0 Å². The molecule has 9 heteroatoms. The number of guanidine groups is 1. The van der Waals surface area contributed by atoms with Gasteiger partial charge in [0.2, 0.25) is 0 Å². The molecule has 1 aromatic heterocycles. The zero-order chi connectivity index (χ0) is 20.3. The normalized spacial score (nSPS) is 15.0. The Morgan fingerprint density at radius 1 is 1.23 bits per heavy atom. The third-order valence-corrected chi connectivity index (χ3v) is 4.78. The van der Waals surface area contributed by atoms with Crippen LogP contribution in [0.15, 0.2) is 46.1 Å². The van der Waals surface area contributed by atoms with E-state index in [1.807, 2.05) is 30.3 Å². The summed E-state index contributed by atoms with van der Waals surface area (Å²) in [6.45, 7) is 9.37. The molecule has 0 unspecified atom stereocenters. The van der Waals surface area contributed by atoms with Gasteiger partial charge in [-0.1, -0.05) is 17.3 Å². The highest BCUT2D eigenvalue weighted by atomic mass is 127. The van der Waals surface area contributed by atoms with Crippen LogP contribution in [0.3, 0.4) is 0 Å². The number of nitrogens with zero attached hydrogens (tertiary/aromatic N) is 4. The third-order valence-electron chi connectivity index (χ3n) is 4.78. The average Bonchev–Trinajstić information content (AvgIpc) is 3.26. The molecule has 0 aliphatic carbocycles. The molecule has 166 valence electrons. The average molecular weight is 529 g/mol. The summed E-state index contributed by atoms with van der Waals surface area (Å²) in [6, 6.07) is 9.85. The first kappa shape index (κ1) is 24.4. The zero-order valence-electron chi connectivity index (χ0n) is 17.7. The second-order valence-corrected chi connectivity index (χ2v) is 6.89. The van der Waals surface area contributed by atoms with E-state index in [9.17, 15) is 0 Å². The Morgan fingerprint density at radius 3 is 2.77 bits per heavy atom. The zero-order valence-corrected chi connectivity index (χ0v) is 20.1. The number of ether oxygens (including phenoxy) is 2. The van der Waals surface area contributed by atoms with Crippen LogP contribution in [0, 0.1) is 0 Å². The number of rotatable bonds is 9. The van der Waals surface area contributed by atoms with E-state index in [1.54, 1.807) is 13.4 Å². The second-order valence-electron chi connectivity index (χ2n) is 6.89. The van der Waals surface area contributed by atoms with Gasteiger partial charge >= 0.3 is 0 Å². The summed E-state index contributed by atoms with van der Waals surface area (Å²) in [5.41, 5.74) is 2.08. The largest absolute Gasteiger partial charge is 0.497 e. The highest BCUT2D eigenvalue weighted by molar-refractivity contribution is 14.0. The van der Waals surface area contributed by atoms with Gasteiger partial charge in [-0.2, -0.15) is 0 Å². The summed E-state index contributed by atoms with van der Waals surface area (Å²) >= 11 is 0. The number of hydrogen-bond acceptors (Lipinski definition) is 6. The molecule has 1 aliphatic rings. The Balaban J connectivity index is 0.00000320. The number of halogens is 1. The number of nitrogens with one attached hydrogen (secondary N) is 1. The first-order chi connectivity index (χ1) is 14.3. The van der Waals surface area contributed by atoms with Crippen LogP contribution in [-0.2, 0) is 17.9 Å². The van der Waals surface area contributed by atoms with Crippen LogP contribution < -0.4 is 10.1 Å². The Hall–Kier alpha value is -1.85. The summed E-state index contributed by atoms with van der Waals surface area (Å²) in [6.07, 6.45) is 1.62. The van der Waals surface area contributed by atoms with Crippen molar-refractivity contribution in [3.05, 3.63) is 47.9 Å². The van der Waals surface area contributed by atoms with E-state index >= 15 is 0 Å². The number of aliphatic imine (C=N–C) groups is 1. The maximum absolute atomic E-state index is 5.78. The Kier molecular flexibility index (Phi) is 11.0. The molecule has 2 heterocycles. The summed E-state index contributed by atoms with van der Waals surface area (Å²) in [7, 11) is 1.67. The van der Waals surface area contributed by atoms with Gasteiger partial charge in [0.05, 0.1) is 32.6 Å². The first-order valence-corrected chi connectivity index (χ1v) is 10.1. The van der Waals surface area contributed by atoms with E-state index in [4.69, 9.17) is 19.0 Å². The molecule has 1 aromatic carbocycles. The van der Waals surface area contributed by atoms with Gasteiger partial charge in [0.25, 0.3) is 0 Å². The predicted octanol–water partition coefficient (Wildman–Crippen LogP) is 2.60. The van der Waals surface area contributed by atoms with Crippen molar-refractivity contribution < 1.29 is 14.0 Å². The lowest BCUT2D eigenvalue weighted by Gasteiger charge is -2.36. The van der Waals surface area contributed by atoms with Crippen molar-refractivity contribution in [2.75, 3.05) is 53.0 Å². The lowest BCUT2D eigenvalue weighted by atomic mass is 10.2. The van der Waals surface area contributed by atoms with E-state index in [-0.39, 0.29) is 24.0 Å². The monoisotopic (exact) mass is 529 g/mol. The molecule has 0 bridgehead atoms. The van der Waals surface area contributed by atoms with Crippen LogP contribution in [0.1, 0.15) is 18.2 Å². The minimum atomic E-state index is 0. The van der Waals surface area contributed by atoms with Gasteiger partial charge in [0.1, 0.15) is 12.0 Å². The Labute approximate surface area is 195 Å². The lowest BCUT2D eigenvalue weighted by molar-refractivity contribution is 0.127. The molecule has 0 spiro atoms. The number of aromatic nitrogens is 1. The lowest BCUT2D eigenvalue weighted by Crippen LogP contribution is -2.52. The van der Waals surface area contributed by atoms with Crippen molar-refractivity contribution in [1.29, 1.82) is 0 Å². The molecular formula is C21H32IN5O3.